The van der Waals surface area contributed by atoms with Gasteiger partial charge in [-0.25, -0.2) is 0 Å². The van der Waals surface area contributed by atoms with Crippen molar-refractivity contribution in [3.8, 4) is 0 Å². The van der Waals surface area contributed by atoms with Gasteiger partial charge in [0.05, 0.1) is 5.60 Å². The highest BCUT2D eigenvalue weighted by molar-refractivity contribution is 5.30. The molecular weight excluding hydrogens is 246 g/mol. The number of hydrogen-bond donors (Lipinski definition) is 2. The summed E-state index contributed by atoms with van der Waals surface area (Å²) < 4.78 is 0. The van der Waals surface area contributed by atoms with Crippen molar-refractivity contribution in [1.82, 2.24) is 5.32 Å². The van der Waals surface area contributed by atoms with Gasteiger partial charge >= 0.3 is 0 Å². The molecule has 0 unspecified atom stereocenters. The minimum Gasteiger partial charge on any atom is -0.390 e. The van der Waals surface area contributed by atoms with Crippen LogP contribution in [0.25, 0.3) is 0 Å². The lowest BCUT2D eigenvalue weighted by Crippen LogP contribution is -2.40. The Bertz CT molecular complexity index is 422. The number of rotatable bonds is 6. The number of benzene rings is 1. The number of nitrogens with one attached hydrogen (secondary N) is 1. The van der Waals surface area contributed by atoms with Crippen molar-refractivity contribution in [2.45, 2.75) is 77.0 Å². The van der Waals surface area contributed by atoms with Crippen molar-refractivity contribution in [3.05, 3.63) is 35.4 Å². The Kier molecular flexibility index (Phi) is 5.22. The Hall–Kier alpha value is -0.860. The van der Waals surface area contributed by atoms with Crippen molar-refractivity contribution in [2.75, 3.05) is 0 Å². The lowest BCUT2D eigenvalue weighted by atomic mass is 9.88. The second-order valence-electron chi connectivity index (χ2n) is 6.98. The molecule has 0 aliphatic heterocycles. The Labute approximate surface area is 123 Å². The number of hydrogen-bond acceptors (Lipinski definition) is 2. The zero-order valence-electron chi connectivity index (χ0n) is 13.2. The second kappa shape index (κ2) is 6.73. The maximum absolute atomic E-state index is 9.74. The van der Waals surface area contributed by atoms with Crippen LogP contribution in [0.2, 0.25) is 0 Å². The van der Waals surface area contributed by atoms with Crippen LogP contribution in [0.4, 0.5) is 0 Å². The molecular formula is C18H29NO. The van der Waals surface area contributed by atoms with Gasteiger partial charge in [-0.3, -0.25) is 0 Å². The average molecular weight is 275 g/mol. The smallest absolute Gasteiger partial charge is 0.0591 e. The van der Waals surface area contributed by atoms with Crippen LogP contribution in [-0.4, -0.2) is 22.8 Å². The van der Waals surface area contributed by atoms with Crippen molar-refractivity contribution >= 4 is 0 Å². The fourth-order valence-corrected chi connectivity index (χ4v) is 3.17. The number of aryl methyl sites for hydroxylation is 1. The Morgan fingerprint density at radius 3 is 2.70 bits per heavy atom. The van der Waals surface area contributed by atoms with E-state index in [1.54, 1.807) is 0 Å². The van der Waals surface area contributed by atoms with E-state index in [2.05, 4.69) is 36.5 Å². The van der Waals surface area contributed by atoms with E-state index in [0.29, 0.717) is 12.1 Å². The van der Waals surface area contributed by atoms with Crippen molar-refractivity contribution in [2.24, 2.45) is 0 Å². The van der Waals surface area contributed by atoms with Gasteiger partial charge in [-0.2, -0.15) is 0 Å². The van der Waals surface area contributed by atoms with Crippen molar-refractivity contribution < 1.29 is 5.11 Å². The minimum atomic E-state index is -0.524. The molecule has 2 nitrogen and oxygen atoms in total. The molecule has 0 amide bonds. The van der Waals surface area contributed by atoms with E-state index in [1.165, 1.54) is 24.0 Å². The Morgan fingerprint density at radius 1 is 1.30 bits per heavy atom. The van der Waals surface area contributed by atoms with E-state index in [1.807, 2.05) is 13.8 Å². The molecule has 0 spiro atoms. The van der Waals surface area contributed by atoms with Gasteiger partial charge in [0, 0.05) is 12.1 Å². The van der Waals surface area contributed by atoms with Gasteiger partial charge in [0.15, 0.2) is 0 Å². The largest absolute Gasteiger partial charge is 0.390 e. The van der Waals surface area contributed by atoms with Gasteiger partial charge in [-0.05, 0) is 70.4 Å². The molecule has 2 atom stereocenters. The lowest BCUT2D eigenvalue weighted by molar-refractivity contribution is 0.0674. The first kappa shape index (κ1) is 15.5. The first-order valence-corrected chi connectivity index (χ1v) is 7.99. The zero-order valence-corrected chi connectivity index (χ0v) is 13.2. The molecule has 112 valence electrons. The standard InChI is InChI=1S/C18H29NO/c1-14(7-6-12-18(2,3)20)19-17-11-10-15-8-4-5-9-16(15)13-17/h4-5,8-9,14,17,19-20H,6-7,10-13H2,1-3H3/t14-,17+/m0/s1. The summed E-state index contributed by atoms with van der Waals surface area (Å²) in [5.41, 5.74) is 2.52. The maximum Gasteiger partial charge on any atom is 0.0591 e. The van der Waals surface area contributed by atoms with E-state index >= 15 is 0 Å². The molecule has 0 aromatic heterocycles. The Balaban J connectivity index is 1.75. The van der Waals surface area contributed by atoms with Crippen LogP contribution in [0.5, 0.6) is 0 Å². The summed E-state index contributed by atoms with van der Waals surface area (Å²) in [5, 5.41) is 13.5. The molecule has 1 aromatic rings. The predicted molar refractivity (Wildman–Crippen MR) is 85.0 cm³/mol. The summed E-state index contributed by atoms with van der Waals surface area (Å²) in [6.07, 6.45) is 6.71. The molecule has 0 saturated heterocycles. The van der Waals surface area contributed by atoms with Crippen LogP contribution in [-0.2, 0) is 12.8 Å². The highest BCUT2D eigenvalue weighted by Gasteiger charge is 2.20. The molecule has 1 aliphatic rings. The SMILES string of the molecule is C[C@@H](CCCC(C)(C)O)N[C@@H]1CCc2ccccc2C1. The third-order valence-corrected chi connectivity index (χ3v) is 4.29. The highest BCUT2D eigenvalue weighted by atomic mass is 16.3. The van der Waals surface area contributed by atoms with Gasteiger partial charge < -0.3 is 10.4 Å². The molecule has 2 N–H and O–H groups in total. The summed E-state index contributed by atoms with van der Waals surface area (Å²) >= 11 is 0. The average Bonchev–Trinajstić information content (AvgIpc) is 2.37. The number of fused-ring (bicyclic) bond motifs is 1. The predicted octanol–water partition coefficient (Wildman–Crippen LogP) is 3.46. The zero-order chi connectivity index (χ0) is 14.6. The molecule has 0 radical (unpaired) electrons. The van der Waals surface area contributed by atoms with Gasteiger partial charge in [-0.15, -0.1) is 0 Å². The quantitative estimate of drug-likeness (QED) is 0.833. The number of aliphatic hydroxyl groups is 1. The highest BCUT2D eigenvalue weighted by Crippen LogP contribution is 2.22. The third-order valence-electron chi connectivity index (χ3n) is 4.29. The molecule has 0 fully saturated rings. The van der Waals surface area contributed by atoms with Crippen molar-refractivity contribution in [1.29, 1.82) is 0 Å². The van der Waals surface area contributed by atoms with Gasteiger partial charge in [0.25, 0.3) is 0 Å². The summed E-state index contributed by atoms with van der Waals surface area (Å²) in [6, 6.07) is 9.97. The summed E-state index contributed by atoms with van der Waals surface area (Å²) in [5.74, 6) is 0. The topological polar surface area (TPSA) is 32.3 Å². The van der Waals surface area contributed by atoms with E-state index in [9.17, 15) is 5.11 Å². The molecule has 2 rings (SSSR count). The van der Waals surface area contributed by atoms with Crippen LogP contribution in [0, 0.1) is 0 Å². The molecule has 0 bridgehead atoms. The van der Waals surface area contributed by atoms with Crippen LogP contribution in [0.15, 0.2) is 24.3 Å². The lowest BCUT2D eigenvalue weighted by Gasteiger charge is -2.29. The van der Waals surface area contributed by atoms with Gasteiger partial charge in [0.1, 0.15) is 0 Å². The van der Waals surface area contributed by atoms with Crippen LogP contribution >= 0.6 is 0 Å². The summed E-state index contributed by atoms with van der Waals surface area (Å²) in [7, 11) is 0. The Morgan fingerprint density at radius 2 is 2.00 bits per heavy atom. The normalized spacial score (nSPS) is 20.5. The fourth-order valence-electron chi connectivity index (χ4n) is 3.17. The van der Waals surface area contributed by atoms with Crippen LogP contribution in [0.1, 0.15) is 57.6 Å². The second-order valence-corrected chi connectivity index (χ2v) is 6.98. The van der Waals surface area contributed by atoms with Gasteiger partial charge in [0.2, 0.25) is 0 Å². The van der Waals surface area contributed by atoms with Crippen LogP contribution < -0.4 is 5.32 Å². The third kappa shape index (κ3) is 4.92. The first-order valence-electron chi connectivity index (χ1n) is 7.99. The summed E-state index contributed by atoms with van der Waals surface area (Å²) in [6.45, 7) is 6.05. The first-order chi connectivity index (χ1) is 9.44. The molecule has 0 saturated carbocycles. The van der Waals surface area contributed by atoms with Crippen LogP contribution in [0.3, 0.4) is 0 Å². The monoisotopic (exact) mass is 275 g/mol. The summed E-state index contributed by atoms with van der Waals surface area (Å²) in [4.78, 5) is 0. The maximum atomic E-state index is 9.74. The molecule has 0 heterocycles. The molecule has 20 heavy (non-hydrogen) atoms. The van der Waals surface area contributed by atoms with Gasteiger partial charge in [-0.1, -0.05) is 24.3 Å². The van der Waals surface area contributed by atoms with E-state index in [0.717, 1.165) is 25.7 Å². The molecule has 2 heteroatoms. The molecule has 1 aromatic carbocycles. The van der Waals surface area contributed by atoms with E-state index in [-0.39, 0.29) is 0 Å². The van der Waals surface area contributed by atoms with E-state index in [4.69, 9.17) is 0 Å². The molecule has 1 aliphatic carbocycles. The van der Waals surface area contributed by atoms with Crippen molar-refractivity contribution in [3.63, 3.8) is 0 Å². The fraction of sp³-hybridized carbons (Fsp3) is 0.667. The van der Waals surface area contributed by atoms with E-state index < -0.39 is 5.60 Å². The minimum absolute atomic E-state index is 0.524.